The Bertz CT molecular complexity index is 4020. The molecule has 0 unspecified atom stereocenters. The molecule has 32 N–H and O–H groups in total. The van der Waals surface area contributed by atoms with E-state index >= 15 is 0 Å². The maximum absolute atomic E-state index is 14.9. The van der Waals surface area contributed by atoms with Gasteiger partial charge in [0.25, 0.3) is 0 Å². The fourth-order valence-corrected chi connectivity index (χ4v) is 12.5. The minimum Gasteiger partial charge on any atom is -0.481 e. The van der Waals surface area contributed by atoms with Crippen LogP contribution in [-0.2, 0) is 101 Å². The topological polar surface area (TPSA) is 732 Å². The number of carboxylic acids is 1. The molecule has 0 aliphatic carbocycles. The van der Waals surface area contributed by atoms with Gasteiger partial charge in [0.1, 0.15) is 78.5 Å². The Morgan fingerprint density at radius 3 is 1.09 bits per heavy atom. The maximum Gasteiger partial charge on any atom is 0.303 e. The Labute approximate surface area is 718 Å². The Balaban J connectivity index is 1.91. The number of carbonyl (C=O) groups excluding carboxylic acids is 16. The normalized spacial score (nSPS) is 14.5. The molecule has 0 fully saturated rings. The summed E-state index contributed by atoms with van der Waals surface area (Å²) in [5.41, 5.74) is 35.4. The number of amides is 16. The van der Waals surface area contributed by atoms with Gasteiger partial charge in [-0.3, -0.25) is 86.9 Å². The molecule has 0 heterocycles. The number of primary amides is 2. The molecule has 0 radical (unpaired) electrons. The van der Waals surface area contributed by atoms with Gasteiger partial charge < -0.3 is 135 Å². The van der Waals surface area contributed by atoms with Crippen LogP contribution in [0.4, 0.5) is 0 Å². The quantitative estimate of drug-likeness (QED) is 0.0142. The number of aliphatic carboxylic acids is 1. The molecule has 16 amide bonds. The van der Waals surface area contributed by atoms with Gasteiger partial charge in [0.05, 0.1) is 38.8 Å². The lowest BCUT2D eigenvalue weighted by Gasteiger charge is -2.28. The van der Waals surface area contributed by atoms with Gasteiger partial charge in [0.2, 0.25) is 94.5 Å². The van der Waals surface area contributed by atoms with Gasteiger partial charge in [-0.2, -0.15) is 0 Å². The van der Waals surface area contributed by atoms with E-state index < -0.39 is 248 Å². The van der Waals surface area contributed by atoms with Crippen molar-refractivity contribution in [2.24, 2.45) is 52.2 Å². The third-order valence-electron chi connectivity index (χ3n) is 19.3. The minimum absolute atomic E-state index is 0.0450. The number of aliphatic hydroxyl groups is 3. The summed E-state index contributed by atoms with van der Waals surface area (Å²) in [6, 6.07) is 2.89. The van der Waals surface area contributed by atoms with E-state index in [0.29, 0.717) is 42.4 Å². The first-order chi connectivity index (χ1) is 58.7. The van der Waals surface area contributed by atoms with Crippen molar-refractivity contribution < 1.29 is 102 Å². The van der Waals surface area contributed by atoms with Crippen molar-refractivity contribution in [2.75, 3.05) is 46.0 Å². The molecule has 124 heavy (non-hydrogen) atoms. The monoisotopic (exact) mass is 1740 g/mol. The molecule has 14 atom stereocenters. The van der Waals surface area contributed by atoms with Gasteiger partial charge in [-0.05, 0) is 112 Å². The van der Waals surface area contributed by atoms with Gasteiger partial charge in [0, 0.05) is 32.2 Å². The van der Waals surface area contributed by atoms with E-state index in [9.17, 15) is 102 Å². The molecule has 0 saturated heterocycles. The van der Waals surface area contributed by atoms with Gasteiger partial charge in [0.15, 0.2) is 5.96 Å². The molecule has 43 nitrogen and oxygen atoms in total. The van der Waals surface area contributed by atoms with E-state index in [1.54, 1.807) is 119 Å². The van der Waals surface area contributed by atoms with Crippen LogP contribution >= 0.6 is 0 Å². The fourth-order valence-electron chi connectivity index (χ4n) is 12.5. The second-order valence-corrected chi connectivity index (χ2v) is 30.8. The zero-order valence-corrected chi connectivity index (χ0v) is 70.7. The molecule has 3 aromatic rings. The highest BCUT2D eigenvalue weighted by atomic mass is 16.4. The predicted molar refractivity (Wildman–Crippen MR) is 452 cm³/mol. The van der Waals surface area contributed by atoms with Gasteiger partial charge in [-0.15, -0.1) is 0 Å². The van der Waals surface area contributed by atoms with Crippen LogP contribution < -0.4 is 114 Å². The highest BCUT2D eigenvalue weighted by Crippen LogP contribution is 2.15. The van der Waals surface area contributed by atoms with Crippen molar-refractivity contribution in [1.82, 2.24) is 79.8 Å². The molecule has 43 heteroatoms. The Morgan fingerprint density at radius 2 is 0.702 bits per heavy atom. The maximum atomic E-state index is 14.9. The van der Waals surface area contributed by atoms with Gasteiger partial charge in [-0.25, -0.2) is 0 Å². The third kappa shape index (κ3) is 39.7. The van der Waals surface area contributed by atoms with Crippen LogP contribution in [-0.4, -0.2) is 257 Å². The molecule has 0 aliphatic rings. The average Bonchev–Trinajstić information content (AvgIpc) is 0.854. The summed E-state index contributed by atoms with van der Waals surface area (Å²) in [6.07, 6.45) is -1.39. The second-order valence-electron chi connectivity index (χ2n) is 30.8. The lowest BCUT2D eigenvalue weighted by molar-refractivity contribution is -0.138. The standard InChI is InChI=1S/C81H126N22O21/c1-44(2)35-54(95-70(114)52(29-17-19-33-83)93-73(117)55(36-47-21-10-7-11-22-47)96-74(118)56(37-48-23-12-8-13-24-48)98-78(122)60(42-105)100-71(115)51(28-16-18-32-82)92-68(112)50(84)27-20-34-89-81(87)88)72(116)94-53(30-31-64(109)110)69(113)90-40-63(108)91-59(41-104)77(121)97-57(38-49-25-14-9-15-26-49)75(119)99-58(39-62(85)107)76(120)103-66(46(5)6)80(124)101-61(43-106)79(123)102-65(45(3)4)67(86)111/h7-15,21-26,44-46,50-61,65-66,104-106H,16-20,27-43,82-84H2,1-6H3,(H2,85,107)(H2,86,111)(H,90,113)(H,91,108)(H,92,112)(H,93,117)(H,94,116)(H,95,114)(H,96,118)(H,97,121)(H,98,122)(H,99,119)(H,100,115)(H,101,124)(H,102,123)(H,103,120)(H,109,110)(H4,87,88,89)/t50-,51+,52+,53+,54+,55+,56+,57+,58+,59+,60+,61+,65+,66+/m1/s1. The first-order valence-corrected chi connectivity index (χ1v) is 41.0. The summed E-state index contributed by atoms with van der Waals surface area (Å²) in [6.45, 7) is 6.03. The third-order valence-corrected chi connectivity index (χ3v) is 19.3. The lowest BCUT2D eigenvalue weighted by atomic mass is 10.00. The van der Waals surface area contributed by atoms with E-state index in [0.717, 1.165) is 0 Å². The minimum atomic E-state index is -1.90. The summed E-state index contributed by atoms with van der Waals surface area (Å²) in [5, 5.41) is 85.2. The van der Waals surface area contributed by atoms with Crippen molar-refractivity contribution in [3.05, 3.63) is 108 Å². The average molecular weight is 1740 g/mol. The Hall–Kier alpha value is -12.3. The molecule has 0 bridgehead atoms. The highest BCUT2D eigenvalue weighted by Gasteiger charge is 2.39. The number of nitrogens with two attached hydrogens (primary N) is 6. The van der Waals surface area contributed by atoms with Crippen molar-refractivity contribution in [3.8, 4) is 0 Å². The number of hydrogen-bond donors (Lipinski definition) is 26. The zero-order valence-electron chi connectivity index (χ0n) is 70.7. The summed E-state index contributed by atoms with van der Waals surface area (Å²) in [5.74, 6) is -19.7. The van der Waals surface area contributed by atoms with E-state index in [1.807, 2.05) is 0 Å². The Morgan fingerprint density at radius 1 is 0.363 bits per heavy atom. The molecular weight excluding hydrogens is 1620 g/mol. The van der Waals surface area contributed by atoms with Crippen LogP contribution in [0.2, 0.25) is 0 Å². The zero-order chi connectivity index (χ0) is 92.7. The van der Waals surface area contributed by atoms with E-state index in [-0.39, 0.29) is 77.0 Å². The fraction of sp³-hybridized carbons (Fsp3) is 0.556. The molecular formula is C81H126N22O21. The Kier molecular flexibility index (Phi) is 48.1. The van der Waals surface area contributed by atoms with Gasteiger partial charge >= 0.3 is 5.97 Å². The molecule has 3 aromatic carbocycles. The smallest absolute Gasteiger partial charge is 0.303 e. The summed E-state index contributed by atoms with van der Waals surface area (Å²) < 4.78 is 0. The van der Waals surface area contributed by atoms with Crippen molar-refractivity contribution in [2.45, 2.75) is 222 Å². The molecule has 0 aromatic heterocycles. The first-order valence-electron chi connectivity index (χ1n) is 41.0. The number of benzene rings is 3. The van der Waals surface area contributed by atoms with Crippen LogP contribution in [0, 0.1) is 23.2 Å². The lowest BCUT2D eigenvalue weighted by Crippen LogP contribution is -2.62. The van der Waals surface area contributed by atoms with Crippen molar-refractivity contribution >= 4 is 106 Å². The van der Waals surface area contributed by atoms with Crippen LogP contribution in [0.1, 0.15) is 135 Å². The van der Waals surface area contributed by atoms with Crippen LogP contribution in [0.5, 0.6) is 0 Å². The predicted octanol–water partition coefficient (Wildman–Crippen LogP) is -7.46. The molecule has 0 saturated carbocycles. The number of carbonyl (C=O) groups is 17. The molecule has 0 aliphatic heterocycles. The summed E-state index contributed by atoms with van der Waals surface area (Å²) in [7, 11) is 0. The number of rotatable bonds is 59. The largest absolute Gasteiger partial charge is 0.481 e. The number of nitrogens with one attached hydrogen (secondary N) is 16. The van der Waals surface area contributed by atoms with E-state index in [2.05, 4.69) is 79.8 Å². The first kappa shape index (κ1) is 106. The van der Waals surface area contributed by atoms with Crippen LogP contribution in [0.3, 0.4) is 0 Å². The van der Waals surface area contributed by atoms with E-state index in [1.165, 1.54) is 13.8 Å². The summed E-state index contributed by atoms with van der Waals surface area (Å²) in [4.78, 5) is 234. The molecule has 686 valence electrons. The highest BCUT2D eigenvalue weighted by molar-refractivity contribution is 6.01. The van der Waals surface area contributed by atoms with Crippen LogP contribution in [0.25, 0.3) is 0 Å². The molecule has 3 rings (SSSR count). The molecule has 0 spiro atoms. The van der Waals surface area contributed by atoms with Crippen molar-refractivity contribution in [1.29, 1.82) is 5.41 Å². The number of hydrogen-bond acceptors (Lipinski definition) is 24. The number of aliphatic hydroxyl groups excluding tert-OH is 3. The SMILES string of the molecule is CC(C)C[C@H](NC(=O)[C@H](CCCCN)NC(=O)[C@H](Cc1ccccc1)NC(=O)[C@H](Cc1ccccc1)NC(=O)[C@H](CO)NC(=O)[C@H](CCCCN)NC(=O)[C@H](N)CCCNC(=N)N)C(=O)N[C@@H](CCC(=O)O)C(=O)NCC(=O)N[C@@H](CO)C(=O)N[C@@H](Cc1ccccc1)C(=O)N[C@@H](CC(N)=O)C(=O)N[C@H](C(=O)N[C@@H](CO)C(=O)N[C@H](C(N)=O)C(C)C)C(C)C. The second kappa shape index (κ2) is 56.4. The summed E-state index contributed by atoms with van der Waals surface area (Å²) >= 11 is 0. The number of carboxylic acid groups (broad SMARTS) is 1. The number of guanidine groups is 1. The van der Waals surface area contributed by atoms with Crippen LogP contribution in [0.15, 0.2) is 91.0 Å². The van der Waals surface area contributed by atoms with Crippen molar-refractivity contribution in [3.63, 3.8) is 0 Å². The van der Waals surface area contributed by atoms with E-state index in [4.69, 9.17) is 39.8 Å². The number of unbranched alkanes of at least 4 members (excludes halogenated alkanes) is 2. The van der Waals surface area contributed by atoms with Gasteiger partial charge in [-0.1, -0.05) is 133 Å².